The molecule has 1 saturated heterocycles. The first-order chi connectivity index (χ1) is 15.5. The van der Waals surface area contributed by atoms with Crippen molar-refractivity contribution in [2.24, 2.45) is 0 Å². The van der Waals surface area contributed by atoms with Crippen molar-refractivity contribution >= 4 is 22.6 Å². The van der Waals surface area contributed by atoms with Crippen molar-refractivity contribution in [3.8, 4) is 0 Å². The van der Waals surface area contributed by atoms with Gasteiger partial charge in [-0.15, -0.1) is 0 Å². The van der Waals surface area contributed by atoms with Crippen LogP contribution in [0, 0.1) is 26.6 Å². The molecule has 0 unspecified atom stereocenters. The summed E-state index contributed by atoms with van der Waals surface area (Å²) in [4.78, 5) is 7.62. The molecule has 0 atom stereocenters. The van der Waals surface area contributed by atoms with Crippen molar-refractivity contribution in [3.63, 3.8) is 0 Å². The van der Waals surface area contributed by atoms with E-state index in [-0.39, 0.29) is 5.82 Å². The third-order valence-electron chi connectivity index (χ3n) is 6.62. The summed E-state index contributed by atoms with van der Waals surface area (Å²) < 4.78 is 16.6. The van der Waals surface area contributed by atoms with Gasteiger partial charge in [0.05, 0.1) is 17.6 Å². The topological polar surface area (TPSA) is 45.1 Å². The Labute approximate surface area is 189 Å². The number of anilines is 1. The van der Waals surface area contributed by atoms with Gasteiger partial charge in [0.15, 0.2) is 0 Å². The van der Waals surface area contributed by atoms with Crippen molar-refractivity contribution in [1.29, 1.82) is 0 Å². The molecule has 1 fully saturated rings. The Morgan fingerprint density at radius 3 is 2.41 bits per heavy atom. The van der Waals surface area contributed by atoms with Gasteiger partial charge in [-0.1, -0.05) is 18.2 Å². The van der Waals surface area contributed by atoms with Crippen molar-refractivity contribution in [1.82, 2.24) is 20.2 Å². The van der Waals surface area contributed by atoms with Crippen LogP contribution in [0.4, 0.5) is 10.3 Å². The molecule has 3 heterocycles. The van der Waals surface area contributed by atoms with E-state index in [9.17, 15) is 4.39 Å². The fourth-order valence-corrected chi connectivity index (χ4v) is 5.03. The summed E-state index contributed by atoms with van der Waals surface area (Å²) in [5, 5.41) is 6.86. The summed E-state index contributed by atoms with van der Waals surface area (Å²) in [5.41, 5.74) is 8.62. The van der Waals surface area contributed by atoms with Crippen LogP contribution in [0.15, 0.2) is 30.3 Å². The third kappa shape index (κ3) is 3.93. The van der Waals surface area contributed by atoms with E-state index in [1.54, 1.807) is 0 Å². The number of rotatable bonds is 4. The van der Waals surface area contributed by atoms with Crippen molar-refractivity contribution < 1.29 is 4.39 Å². The Morgan fingerprint density at radius 2 is 1.72 bits per heavy atom. The molecule has 5 rings (SSSR count). The van der Waals surface area contributed by atoms with Gasteiger partial charge in [0.2, 0.25) is 5.95 Å². The lowest BCUT2D eigenvalue weighted by Gasteiger charge is -2.29. The van der Waals surface area contributed by atoms with Crippen LogP contribution in [0.25, 0.3) is 16.6 Å². The average Bonchev–Trinajstić information content (AvgIpc) is 3.16. The van der Waals surface area contributed by atoms with Crippen LogP contribution in [0.5, 0.6) is 0 Å². The molecule has 32 heavy (non-hydrogen) atoms. The quantitative estimate of drug-likeness (QED) is 0.654. The number of imidazole rings is 1. The van der Waals surface area contributed by atoms with Crippen LogP contribution in [0.3, 0.4) is 0 Å². The van der Waals surface area contributed by atoms with E-state index in [0.29, 0.717) is 17.7 Å². The minimum absolute atomic E-state index is 0.109. The van der Waals surface area contributed by atoms with E-state index in [4.69, 9.17) is 4.98 Å². The number of aromatic nitrogens is 2. The Hall–Kier alpha value is -2.70. The maximum Gasteiger partial charge on any atom is 0.206 e. The molecule has 3 aromatic rings. The minimum atomic E-state index is -0.109. The molecule has 6 heteroatoms. The van der Waals surface area contributed by atoms with E-state index in [0.717, 1.165) is 68.2 Å². The minimum Gasteiger partial charge on any atom is -0.340 e. The van der Waals surface area contributed by atoms with Crippen LogP contribution >= 0.6 is 0 Å². The average molecular weight is 434 g/mol. The molecule has 0 amide bonds. The Kier molecular flexibility index (Phi) is 5.74. The third-order valence-corrected chi connectivity index (χ3v) is 6.62. The lowest BCUT2D eigenvalue weighted by atomic mass is 9.97. The van der Waals surface area contributed by atoms with Gasteiger partial charge in [0.25, 0.3) is 0 Å². The summed E-state index contributed by atoms with van der Waals surface area (Å²) in [6.07, 6.45) is 3.32. The molecular weight excluding hydrogens is 401 g/mol. The van der Waals surface area contributed by atoms with E-state index in [2.05, 4.69) is 45.2 Å². The molecule has 2 aromatic carbocycles. The molecule has 0 aliphatic carbocycles. The van der Waals surface area contributed by atoms with Gasteiger partial charge in [-0.05, 0) is 73.7 Å². The van der Waals surface area contributed by atoms with Gasteiger partial charge in [0.1, 0.15) is 5.82 Å². The van der Waals surface area contributed by atoms with Gasteiger partial charge < -0.3 is 20.1 Å². The smallest absolute Gasteiger partial charge is 0.206 e. The van der Waals surface area contributed by atoms with Gasteiger partial charge >= 0.3 is 0 Å². The Morgan fingerprint density at radius 1 is 0.969 bits per heavy atom. The highest BCUT2D eigenvalue weighted by atomic mass is 19.1. The van der Waals surface area contributed by atoms with Crippen LogP contribution in [-0.2, 0) is 6.54 Å². The molecule has 168 valence electrons. The highest BCUT2D eigenvalue weighted by Crippen LogP contribution is 2.33. The van der Waals surface area contributed by atoms with Crippen molar-refractivity contribution in [3.05, 3.63) is 64.0 Å². The van der Waals surface area contributed by atoms with E-state index >= 15 is 0 Å². The molecule has 0 saturated carbocycles. The van der Waals surface area contributed by atoms with Crippen LogP contribution in [-0.4, -0.2) is 48.8 Å². The van der Waals surface area contributed by atoms with Gasteiger partial charge in [-0.25, -0.2) is 9.37 Å². The Balaban J connectivity index is 1.68. The van der Waals surface area contributed by atoms with Crippen molar-refractivity contribution in [2.75, 3.05) is 44.2 Å². The maximum absolute atomic E-state index is 14.3. The highest BCUT2D eigenvalue weighted by Gasteiger charge is 2.22. The van der Waals surface area contributed by atoms with Gasteiger partial charge in [-0.2, -0.15) is 0 Å². The van der Waals surface area contributed by atoms with Crippen LogP contribution in [0.1, 0.15) is 34.2 Å². The lowest BCUT2D eigenvalue weighted by molar-refractivity contribution is 0.571. The molecular formula is C26H32FN5. The summed E-state index contributed by atoms with van der Waals surface area (Å²) in [6, 6.07) is 8.48. The largest absolute Gasteiger partial charge is 0.340 e. The fraction of sp³-hybridized carbons (Fsp3) is 0.423. The van der Waals surface area contributed by atoms with Gasteiger partial charge in [-0.3, -0.25) is 0 Å². The fourth-order valence-electron chi connectivity index (χ4n) is 5.03. The first-order valence-electron chi connectivity index (χ1n) is 11.6. The normalized spacial score (nSPS) is 17.1. The SMILES string of the molecule is Cc1cc(C2=CCNCC2)c2nc(N3CCNCC3)n(Cc3cc(C)c(F)c(C)c3)c2c1. The summed E-state index contributed by atoms with van der Waals surface area (Å²) in [7, 11) is 0. The zero-order valence-corrected chi connectivity index (χ0v) is 19.3. The molecule has 1 aromatic heterocycles. The second-order valence-corrected chi connectivity index (χ2v) is 9.14. The number of fused-ring (bicyclic) bond motifs is 1. The zero-order valence-electron chi connectivity index (χ0n) is 19.3. The van der Waals surface area contributed by atoms with Crippen molar-refractivity contribution in [2.45, 2.75) is 33.7 Å². The number of halogens is 1. The monoisotopic (exact) mass is 433 g/mol. The van der Waals surface area contributed by atoms with E-state index in [1.807, 2.05) is 26.0 Å². The first-order valence-corrected chi connectivity index (χ1v) is 11.6. The first kappa shape index (κ1) is 21.2. The summed E-state index contributed by atoms with van der Waals surface area (Å²) >= 11 is 0. The highest BCUT2D eigenvalue weighted by molar-refractivity contribution is 5.92. The molecule has 0 bridgehead atoms. The number of hydrogen-bond acceptors (Lipinski definition) is 4. The van der Waals surface area contributed by atoms with Crippen LogP contribution in [0.2, 0.25) is 0 Å². The van der Waals surface area contributed by atoms with E-state index in [1.165, 1.54) is 16.7 Å². The number of benzene rings is 2. The zero-order chi connectivity index (χ0) is 22.2. The lowest BCUT2D eigenvalue weighted by Crippen LogP contribution is -2.44. The van der Waals surface area contributed by atoms with Crippen LogP contribution < -0.4 is 15.5 Å². The molecule has 2 aliphatic heterocycles. The molecule has 0 radical (unpaired) electrons. The Bertz CT molecular complexity index is 1160. The molecule has 5 nitrogen and oxygen atoms in total. The molecule has 2 aliphatic rings. The second-order valence-electron chi connectivity index (χ2n) is 9.14. The second kappa shape index (κ2) is 8.68. The predicted octanol–water partition coefficient (Wildman–Crippen LogP) is 3.94. The maximum atomic E-state index is 14.3. The summed E-state index contributed by atoms with van der Waals surface area (Å²) in [6.45, 7) is 12.2. The number of nitrogens with zero attached hydrogens (tertiary/aromatic N) is 3. The van der Waals surface area contributed by atoms with E-state index < -0.39 is 0 Å². The number of nitrogens with one attached hydrogen (secondary N) is 2. The predicted molar refractivity (Wildman–Crippen MR) is 130 cm³/mol. The number of piperazine rings is 1. The number of aryl methyl sites for hydroxylation is 3. The number of hydrogen-bond donors (Lipinski definition) is 2. The molecule has 2 N–H and O–H groups in total. The van der Waals surface area contributed by atoms with Gasteiger partial charge in [0, 0.05) is 38.3 Å². The molecule has 0 spiro atoms. The standard InChI is InChI=1S/C26H32FN5/c1-17-12-22(21-4-6-28-7-5-21)25-23(13-17)32(26(30-25)31-10-8-29-9-11-31)16-20-14-18(2)24(27)19(3)15-20/h4,12-15,28-29H,5-11,16H2,1-3H3. The summed E-state index contributed by atoms with van der Waals surface area (Å²) in [5.74, 6) is 0.907.